The van der Waals surface area contributed by atoms with Crippen molar-refractivity contribution in [1.82, 2.24) is 9.80 Å². The minimum Gasteiger partial charge on any atom is -0.521 e. The highest BCUT2D eigenvalue weighted by Gasteiger charge is 2.23. The van der Waals surface area contributed by atoms with E-state index in [2.05, 4.69) is 25.9 Å². The molecule has 2 aromatic rings. The van der Waals surface area contributed by atoms with Gasteiger partial charge in [0.1, 0.15) is 36.9 Å². The van der Waals surface area contributed by atoms with Crippen LogP contribution < -0.4 is 9.47 Å². The van der Waals surface area contributed by atoms with Crippen molar-refractivity contribution in [3.63, 3.8) is 0 Å². The van der Waals surface area contributed by atoms with Crippen molar-refractivity contribution in [3.8, 4) is 23.5 Å². The topological polar surface area (TPSA) is 94.9 Å². The predicted octanol–water partition coefficient (Wildman–Crippen LogP) is 1.99. The lowest BCUT2D eigenvalue weighted by Gasteiger charge is -2.26. The lowest BCUT2D eigenvalue weighted by molar-refractivity contribution is 0.0831. The van der Waals surface area contributed by atoms with Gasteiger partial charge >= 0.3 is 7.48 Å². The summed E-state index contributed by atoms with van der Waals surface area (Å²) >= 11 is 0. The number of hydrogen-bond donors (Lipinski definition) is 3. The van der Waals surface area contributed by atoms with Crippen LogP contribution in [-0.2, 0) is 10.1 Å². The van der Waals surface area contributed by atoms with E-state index in [1.54, 1.807) is 0 Å². The number of aliphatic hydroxyl groups is 3. The molecule has 0 fully saturated rings. The van der Waals surface area contributed by atoms with E-state index < -0.39 is 18.3 Å². The van der Waals surface area contributed by atoms with Gasteiger partial charge in [-0.15, -0.1) is 0 Å². The summed E-state index contributed by atoms with van der Waals surface area (Å²) in [6, 6.07) is 15.8. The summed E-state index contributed by atoms with van der Waals surface area (Å²) in [5, 5.41) is 29.8. The van der Waals surface area contributed by atoms with Gasteiger partial charge in [-0.1, -0.05) is 38.1 Å². The summed E-state index contributed by atoms with van der Waals surface area (Å²) in [6.07, 6.45) is 0.596. The molecular formula is C29H42BN2O6. The van der Waals surface area contributed by atoms with Crippen LogP contribution in [0.1, 0.15) is 25.0 Å². The number of rotatable bonds is 15. The zero-order valence-electron chi connectivity index (χ0n) is 23.4. The molecule has 3 unspecified atom stereocenters. The summed E-state index contributed by atoms with van der Waals surface area (Å²) < 4.78 is 16.5. The molecule has 38 heavy (non-hydrogen) atoms. The van der Waals surface area contributed by atoms with Gasteiger partial charge in [-0.05, 0) is 75.8 Å². The third-order valence-corrected chi connectivity index (χ3v) is 5.89. The second kappa shape index (κ2) is 15.6. The van der Waals surface area contributed by atoms with Crippen molar-refractivity contribution in [2.24, 2.45) is 0 Å². The van der Waals surface area contributed by atoms with Crippen molar-refractivity contribution in [3.05, 3.63) is 59.7 Å². The maximum Gasteiger partial charge on any atom is 0.388 e. The molecule has 0 saturated heterocycles. The first-order valence-electron chi connectivity index (χ1n) is 12.8. The first kappa shape index (κ1) is 31.5. The highest BCUT2D eigenvalue weighted by atomic mass is 16.5. The van der Waals surface area contributed by atoms with E-state index in [9.17, 15) is 15.3 Å². The van der Waals surface area contributed by atoms with Crippen molar-refractivity contribution in [2.75, 3.05) is 54.5 Å². The quantitative estimate of drug-likeness (QED) is 0.185. The van der Waals surface area contributed by atoms with Crippen LogP contribution in [-0.4, -0.2) is 105 Å². The van der Waals surface area contributed by atoms with Gasteiger partial charge < -0.3 is 39.2 Å². The Hall–Kier alpha value is -2.74. The van der Waals surface area contributed by atoms with E-state index in [1.807, 2.05) is 86.5 Å². The molecule has 207 valence electrons. The minimum absolute atomic E-state index is 0.115. The van der Waals surface area contributed by atoms with E-state index in [1.165, 1.54) is 7.48 Å². The fraction of sp³-hybridized carbons (Fsp3) is 0.517. The van der Waals surface area contributed by atoms with E-state index in [-0.39, 0.29) is 24.9 Å². The summed E-state index contributed by atoms with van der Waals surface area (Å²) in [7, 11) is 8.92. The van der Waals surface area contributed by atoms with Crippen LogP contribution in [0, 0.1) is 12.0 Å². The first-order valence-corrected chi connectivity index (χ1v) is 12.8. The van der Waals surface area contributed by atoms with Gasteiger partial charge in [0.05, 0.1) is 12.2 Å². The average Bonchev–Trinajstić information content (AvgIpc) is 2.85. The van der Waals surface area contributed by atoms with Crippen LogP contribution in [0.25, 0.3) is 0 Å². The first-order chi connectivity index (χ1) is 18.0. The SMILES string of the molecule is CN(C)CC(O)C#CO[B]CC(O)COc1ccc(C(C)(C)c2ccc(OCC(O)CN(C)C)cc2)cc1. The Balaban J connectivity index is 1.81. The summed E-state index contributed by atoms with van der Waals surface area (Å²) in [6.45, 7) is 5.65. The normalized spacial score (nSPS) is 13.9. The van der Waals surface area contributed by atoms with Crippen molar-refractivity contribution < 1.29 is 29.4 Å². The zero-order valence-corrected chi connectivity index (χ0v) is 23.4. The largest absolute Gasteiger partial charge is 0.521 e. The standard InChI is InChI=1S/C29H42BN2O6/c1-29(2,23-9-13-28(14-10-23)37-21-26(35)19-32(5)6)22-7-11-27(12-8-22)36-20-25(34)17-30-38-16-15-24(33)18-31(3)4/h7-14,24-26,33-35H,17-21H2,1-6H3. The number of benzene rings is 2. The molecule has 3 atom stereocenters. The summed E-state index contributed by atoms with van der Waals surface area (Å²) in [4.78, 5) is 3.75. The number of hydrogen-bond acceptors (Lipinski definition) is 8. The number of nitrogens with zero attached hydrogens (tertiary/aromatic N) is 2. The predicted molar refractivity (Wildman–Crippen MR) is 151 cm³/mol. The van der Waals surface area contributed by atoms with Crippen LogP contribution in [0.4, 0.5) is 0 Å². The van der Waals surface area contributed by atoms with Crippen molar-refractivity contribution in [1.29, 1.82) is 0 Å². The summed E-state index contributed by atoms with van der Waals surface area (Å²) in [5.41, 5.74) is 2.02. The van der Waals surface area contributed by atoms with Gasteiger partial charge in [0.15, 0.2) is 0 Å². The number of aliphatic hydroxyl groups excluding tert-OH is 3. The molecule has 9 heteroatoms. The molecule has 0 bridgehead atoms. The Labute approximate surface area is 228 Å². The second-order valence-electron chi connectivity index (χ2n) is 10.4. The molecule has 0 aliphatic rings. The fourth-order valence-electron chi connectivity index (χ4n) is 3.72. The molecule has 0 saturated carbocycles. The van der Waals surface area contributed by atoms with E-state index in [4.69, 9.17) is 14.1 Å². The van der Waals surface area contributed by atoms with Gasteiger partial charge in [0.2, 0.25) is 0 Å². The lowest BCUT2D eigenvalue weighted by Crippen LogP contribution is -2.30. The van der Waals surface area contributed by atoms with Crippen LogP contribution in [0.15, 0.2) is 48.5 Å². The smallest absolute Gasteiger partial charge is 0.388 e. The Morgan fingerprint density at radius 1 is 0.763 bits per heavy atom. The molecule has 0 aromatic heterocycles. The van der Waals surface area contributed by atoms with Gasteiger partial charge in [-0.3, -0.25) is 0 Å². The van der Waals surface area contributed by atoms with Crippen LogP contribution in [0.2, 0.25) is 6.32 Å². The highest BCUT2D eigenvalue weighted by Crippen LogP contribution is 2.33. The van der Waals surface area contributed by atoms with Gasteiger partial charge in [-0.2, -0.15) is 0 Å². The maximum absolute atomic E-state index is 10.1. The van der Waals surface area contributed by atoms with Crippen LogP contribution in [0.3, 0.4) is 0 Å². The van der Waals surface area contributed by atoms with Crippen molar-refractivity contribution >= 4 is 7.48 Å². The average molecular weight is 525 g/mol. The Morgan fingerprint density at radius 3 is 1.71 bits per heavy atom. The van der Waals surface area contributed by atoms with E-state index in [0.29, 0.717) is 18.8 Å². The van der Waals surface area contributed by atoms with Crippen molar-refractivity contribution in [2.45, 2.75) is 43.9 Å². The zero-order chi connectivity index (χ0) is 28.1. The molecule has 0 spiro atoms. The molecule has 8 nitrogen and oxygen atoms in total. The lowest BCUT2D eigenvalue weighted by atomic mass is 9.78. The van der Waals surface area contributed by atoms with Gasteiger partial charge in [-0.25, -0.2) is 0 Å². The second-order valence-corrected chi connectivity index (χ2v) is 10.4. The van der Waals surface area contributed by atoms with E-state index >= 15 is 0 Å². The Bertz CT molecular complexity index is 1000. The maximum atomic E-state index is 10.1. The molecule has 1 radical (unpaired) electrons. The monoisotopic (exact) mass is 525 g/mol. The number of likely N-dealkylation sites (N-methyl/N-ethyl adjacent to an activating group) is 2. The van der Waals surface area contributed by atoms with Gasteiger partial charge in [0.25, 0.3) is 0 Å². The molecule has 0 aliphatic heterocycles. The molecule has 2 aromatic carbocycles. The fourth-order valence-corrected chi connectivity index (χ4v) is 3.72. The molecular weight excluding hydrogens is 483 g/mol. The number of ether oxygens (including phenoxy) is 2. The minimum atomic E-state index is -0.786. The molecule has 0 aliphatic carbocycles. The third kappa shape index (κ3) is 11.3. The van der Waals surface area contributed by atoms with Crippen LogP contribution >= 0.6 is 0 Å². The molecule has 3 N–H and O–H groups in total. The third-order valence-electron chi connectivity index (χ3n) is 5.89. The van der Waals surface area contributed by atoms with Gasteiger partial charge in [0, 0.05) is 18.5 Å². The Kier molecular flexibility index (Phi) is 12.9. The van der Waals surface area contributed by atoms with Crippen LogP contribution in [0.5, 0.6) is 11.5 Å². The van der Waals surface area contributed by atoms with E-state index in [0.717, 1.165) is 16.9 Å². The molecule has 0 amide bonds. The molecule has 2 rings (SSSR count). The summed E-state index contributed by atoms with van der Waals surface area (Å²) in [5.74, 6) is 3.96. The highest BCUT2D eigenvalue weighted by molar-refractivity contribution is 6.27. The molecule has 0 heterocycles. The Morgan fingerprint density at radius 2 is 1.24 bits per heavy atom.